The van der Waals surface area contributed by atoms with Crippen LogP contribution in [0.4, 0.5) is 0 Å². The van der Waals surface area contributed by atoms with Crippen LogP contribution in [0, 0.1) is 0 Å². The molecule has 0 amide bonds. The molecule has 0 bridgehead atoms. The summed E-state index contributed by atoms with van der Waals surface area (Å²) in [4.78, 5) is 15.6. The highest BCUT2D eigenvalue weighted by Crippen LogP contribution is 2.46. The molecule has 1 unspecified atom stereocenters. The predicted octanol–water partition coefficient (Wildman–Crippen LogP) is 6.73. The Morgan fingerprint density at radius 2 is 1.89 bits per heavy atom. The number of benzene rings is 2. The molecular formula is C27H23Cl2N3O6. The fraction of sp³-hybridized carbons (Fsp3) is 0.259. The molecule has 1 aliphatic rings. The Balaban J connectivity index is 1.21. The largest absolute Gasteiger partial charge is 0.478 e. The lowest BCUT2D eigenvalue weighted by Crippen LogP contribution is -2.09. The fourth-order valence-corrected chi connectivity index (χ4v) is 4.53. The van der Waals surface area contributed by atoms with Crippen molar-refractivity contribution in [3.63, 3.8) is 0 Å². The normalized spacial score (nSPS) is 13.9. The highest BCUT2D eigenvalue weighted by atomic mass is 35.5. The van der Waals surface area contributed by atoms with Crippen molar-refractivity contribution in [3.05, 3.63) is 87.9 Å². The molecule has 2 aromatic carbocycles. The molecule has 1 saturated carbocycles. The monoisotopic (exact) mass is 555 g/mol. The van der Waals surface area contributed by atoms with E-state index in [2.05, 4.69) is 21.9 Å². The second-order valence-electron chi connectivity index (χ2n) is 8.67. The van der Waals surface area contributed by atoms with Crippen molar-refractivity contribution in [2.45, 2.75) is 31.5 Å². The molecular weight excluding hydrogens is 533 g/mol. The van der Waals surface area contributed by atoms with E-state index in [1.54, 1.807) is 30.3 Å². The van der Waals surface area contributed by atoms with E-state index in [1.807, 2.05) is 0 Å². The van der Waals surface area contributed by atoms with Gasteiger partial charge in [0.2, 0.25) is 5.82 Å². The molecule has 1 fully saturated rings. The summed E-state index contributed by atoms with van der Waals surface area (Å²) in [6.45, 7) is 4.51. The molecule has 4 aromatic rings. The summed E-state index contributed by atoms with van der Waals surface area (Å²) in [6.07, 6.45) is 2.94. The van der Waals surface area contributed by atoms with Crippen molar-refractivity contribution < 1.29 is 28.4 Å². The van der Waals surface area contributed by atoms with Gasteiger partial charge in [-0.25, -0.2) is 4.79 Å². The van der Waals surface area contributed by atoms with E-state index in [-0.39, 0.29) is 37.1 Å². The van der Waals surface area contributed by atoms with Crippen LogP contribution in [0.5, 0.6) is 0 Å². The Bertz CT molecular complexity index is 1440. The molecule has 0 saturated heterocycles. The number of rotatable bonds is 12. The molecule has 9 nitrogen and oxygen atoms in total. The number of carboxylic acids is 1. The minimum atomic E-state index is -1.04. The van der Waals surface area contributed by atoms with E-state index in [1.165, 1.54) is 18.2 Å². The first kappa shape index (κ1) is 26.1. The van der Waals surface area contributed by atoms with E-state index in [9.17, 15) is 9.90 Å². The first-order valence-corrected chi connectivity index (χ1v) is 12.6. The molecule has 2 aromatic heterocycles. The van der Waals surface area contributed by atoms with Gasteiger partial charge in [0, 0.05) is 22.6 Å². The van der Waals surface area contributed by atoms with Crippen LogP contribution in [-0.2, 0) is 16.1 Å². The fourth-order valence-electron chi connectivity index (χ4n) is 3.96. The first-order chi connectivity index (χ1) is 18.5. The number of aromatic nitrogens is 3. The highest BCUT2D eigenvalue weighted by Gasteiger charge is 2.33. The van der Waals surface area contributed by atoms with Crippen molar-refractivity contribution in [3.8, 4) is 22.6 Å². The van der Waals surface area contributed by atoms with Crippen LogP contribution in [0.3, 0.4) is 0 Å². The number of nitrogens with zero attached hydrogens (tertiary/aromatic N) is 3. The third-order valence-electron chi connectivity index (χ3n) is 6.00. The minimum absolute atomic E-state index is 0.125. The number of halogens is 2. The second kappa shape index (κ2) is 11.5. The number of hydrogen-bond acceptors (Lipinski definition) is 8. The van der Waals surface area contributed by atoms with E-state index < -0.39 is 12.1 Å². The zero-order valence-corrected chi connectivity index (χ0v) is 21.6. The lowest BCUT2D eigenvalue weighted by molar-refractivity contribution is 0.00642. The zero-order chi connectivity index (χ0) is 26.6. The van der Waals surface area contributed by atoms with Gasteiger partial charge in [-0.1, -0.05) is 64.4 Å². The standard InChI is InChI=1S/C27H23Cl2N3O6/c1-2-21(26-30-25(32-38-26)16-5-3-6-17(13-16)27(33)34)36-12-11-35-14-18-23(31-37-24(18)15-9-10-15)22-19(28)7-4-8-20(22)29/h2-8,13,15,21H,1,9-12,14H2,(H,33,34). The van der Waals surface area contributed by atoms with Gasteiger partial charge in [-0.3, -0.25) is 0 Å². The van der Waals surface area contributed by atoms with Gasteiger partial charge in [-0.15, -0.1) is 0 Å². The van der Waals surface area contributed by atoms with Gasteiger partial charge >= 0.3 is 5.97 Å². The van der Waals surface area contributed by atoms with Gasteiger partial charge in [-0.2, -0.15) is 4.98 Å². The van der Waals surface area contributed by atoms with Crippen LogP contribution in [0.1, 0.15) is 52.4 Å². The lowest BCUT2D eigenvalue weighted by Gasteiger charge is -2.11. The summed E-state index contributed by atoms with van der Waals surface area (Å²) in [7, 11) is 0. The Morgan fingerprint density at radius 1 is 1.13 bits per heavy atom. The van der Waals surface area contributed by atoms with Gasteiger partial charge in [0.05, 0.1) is 35.4 Å². The maximum Gasteiger partial charge on any atom is 0.335 e. The quantitative estimate of drug-likeness (QED) is 0.149. The van der Waals surface area contributed by atoms with Crippen molar-refractivity contribution >= 4 is 29.2 Å². The van der Waals surface area contributed by atoms with Crippen molar-refractivity contribution in [2.24, 2.45) is 0 Å². The van der Waals surface area contributed by atoms with Crippen molar-refractivity contribution in [2.75, 3.05) is 13.2 Å². The second-order valence-corrected chi connectivity index (χ2v) is 9.48. The molecule has 38 heavy (non-hydrogen) atoms. The number of carbonyl (C=O) groups is 1. The molecule has 0 radical (unpaired) electrons. The third kappa shape index (κ3) is 5.66. The Morgan fingerprint density at radius 3 is 2.61 bits per heavy atom. The number of hydrogen-bond donors (Lipinski definition) is 1. The average Bonchev–Trinajstić information content (AvgIpc) is 3.49. The lowest BCUT2D eigenvalue weighted by atomic mass is 10.0. The number of aromatic carboxylic acids is 1. The summed E-state index contributed by atoms with van der Waals surface area (Å²) >= 11 is 12.8. The van der Waals surface area contributed by atoms with Gasteiger partial charge in [-0.05, 0) is 37.1 Å². The van der Waals surface area contributed by atoms with Crippen molar-refractivity contribution in [1.82, 2.24) is 15.3 Å². The summed E-state index contributed by atoms with van der Waals surface area (Å²) in [5.41, 5.74) is 2.67. The van der Waals surface area contributed by atoms with E-state index in [4.69, 9.17) is 41.7 Å². The minimum Gasteiger partial charge on any atom is -0.478 e. The Labute approximate surface area is 227 Å². The summed E-state index contributed by atoms with van der Waals surface area (Å²) < 4.78 is 22.7. The van der Waals surface area contributed by atoms with Crippen LogP contribution >= 0.6 is 23.2 Å². The molecule has 196 valence electrons. The van der Waals surface area contributed by atoms with Crippen LogP contribution in [-0.4, -0.2) is 39.6 Å². The first-order valence-electron chi connectivity index (χ1n) is 11.9. The van der Waals surface area contributed by atoms with Crippen LogP contribution in [0.2, 0.25) is 10.0 Å². The molecule has 1 atom stereocenters. The van der Waals surface area contributed by atoms with E-state index in [0.29, 0.717) is 32.8 Å². The predicted molar refractivity (Wildman–Crippen MR) is 139 cm³/mol. The van der Waals surface area contributed by atoms with Gasteiger partial charge in [0.1, 0.15) is 11.5 Å². The number of ether oxygens (including phenoxy) is 2. The topological polar surface area (TPSA) is 121 Å². The number of carboxylic acid groups (broad SMARTS) is 1. The van der Waals surface area contributed by atoms with Gasteiger partial charge in [0.25, 0.3) is 5.89 Å². The molecule has 0 aliphatic heterocycles. The SMILES string of the molecule is C=CC(OCCOCc1c(-c2c(Cl)cccc2Cl)noc1C1CC1)c1nc(-c2cccc(C(=O)O)c2)no1. The van der Waals surface area contributed by atoms with Crippen molar-refractivity contribution in [1.29, 1.82) is 0 Å². The Hall–Kier alpha value is -3.50. The molecule has 5 rings (SSSR count). The molecule has 2 heterocycles. The maximum absolute atomic E-state index is 11.2. The van der Waals surface area contributed by atoms with Gasteiger partial charge in [0.15, 0.2) is 6.10 Å². The van der Waals surface area contributed by atoms with Crippen LogP contribution in [0.25, 0.3) is 22.6 Å². The summed E-state index contributed by atoms with van der Waals surface area (Å²) in [5.74, 6) is 0.522. The Kier molecular flexibility index (Phi) is 7.90. The smallest absolute Gasteiger partial charge is 0.335 e. The molecule has 1 aliphatic carbocycles. The van der Waals surface area contributed by atoms with Crippen LogP contribution in [0.15, 0.2) is 64.2 Å². The zero-order valence-electron chi connectivity index (χ0n) is 20.1. The summed E-state index contributed by atoms with van der Waals surface area (Å²) in [6, 6.07) is 11.6. The average molecular weight is 556 g/mol. The maximum atomic E-state index is 11.2. The highest BCUT2D eigenvalue weighted by molar-refractivity contribution is 6.39. The molecule has 1 N–H and O–H groups in total. The molecule has 11 heteroatoms. The van der Waals surface area contributed by atoms with Gasteiger partial charge < -0.3 is 23.6 Å². The third-order valence-corrected chi connectivity index (χ3v) is 6.63. The summed E-state index contributed by atoms with van der Waals surface area (Å²) in [5, 5.41) is 18.4. The van der Waals surface area contributed by atoms with E-state index in [0.717, 1.165) is 24.2 Å². The molecule has 0 spiro atoms. The van der Waals surface area contributed by atoms with E-state index >= 15 is 0 Å². The van der Waals surface area contributed by atoms with Crippen LogP contribution < -0.4 is 0 Å².